The molecule has 0 aliphatic carbocycles. The number of nitrogens with zero attached hydrogens (tertiary/aromatic N) is 2. The molecular weight excluding hydrogens is 438 g/mol. The van der Waals surface area contributed by atoms with Crippen molar-refractivity contribution in [3.05, 3.63) is 126 Å². The SMILES string of the molecule is O=C(Nc1cccc(C(=O)N2CCN(C(c3ccccc3)c3ccccc3)CC2)c1)c1ccco1. The molecule has 1 aliphatic rings. The van der Waals surface area contributed by atoms with E-state index in [1.165, 1.54) is 17.4 Å². The van der Waals surface area contributed by atoms with E-state index in [0.29, 0.717) is 24.3 Å². The Bertz CT molecular complexity index is 1230. The van der Waals surface area contributed by atoms with Crippen LogP contribution in [0.4, 0.5) is 5.69 Å². The molecule has 6 nitrogen and oxygen atoms in total. The molecule has 6 heteroatoms. The summed E-state index contributed by atoms with van der Waals surface area (Å²) in [6.07, 6.45) is 1.45. The van der Waals surface area contributed by atoms with Gasteiger partial charge in [0.2, 0.25) is 0 Å². The van der Waals surface area contributed by atoms with E-state index in [0.717, 1.165) is 13.1 Å². The molecule has 1 N–H and O–H groups in total. The molecule has 1 aliphatic heterocycles. The highest BCUT2D eigenvalue weighted by Crippen LogP contribution is 2.29. The van der Waals surface area contributed by atoms with Gasteiger partial charge in [-0.15, -0.1) is 0 Å². The van der Waals surface area contributed by atoms with Crippen molar-refractivity contribution in [3.8, 4) is 0 Å². The highest BCUT2D eigenvalue weighted by molar-refractivity contribution is 6.03. The van der Waals surface area contributed by atoms with Gasteiger partial charge in [-0.3, -0.25) is 14.5 Å². The zero-order chi connectivity index (χ0) is 24.0. The highest BCUT2D eigenvalue weighted by Gasteiger charge is 2.28. The first-order valence-electron chi connectivity index (χ1n) is 11.8. The summed E-state index contributed by atoms with van der Waals surface area (Å²) in [6.45, 7) is 2.82. The number of nitrogens with one attached hydrogen (secondary N) is 1. The van der Waals surface area contributed by atoms with Crippen molar-refractivity contribution < 1.29 is 14.0 Å². The number of furan rings is 1. The number of benzene rings is 3. The van der Waals surface area contributed by atoms with E-state index in [1.807, 2.05) is 17.0 Å². The van der Waals surface area contributed by atoms with Gasteiger partial charge >= 0.3 is 0 Å². The van der Waals surface area contributed by atoms with Gasteiger partial charge in [0.25, 0.3) is 11.8 Å². The molecule has 0 bridgehead atoms. The van der Waals surface area contributed by atoms with Gasteiger partial charge in [0, 0.05) is 37.4 Å². The smallest absolute Gasteiger partial charge is 0.291 e. The van der Waals surface area contributed by atoms with E-state index in [9.17, 15) is 9.59 Å². The molecule has 0 radical (unpaired) electrons. The lowest BCUT2D eigenvalue weighted by atomic mass is 9.96. The van der Waals surface area contributed by atoms with Gasteiger partial charge in [0.1, 0.15) is 0 Å². The first-order valence-corrected chi connectivity index (χ1v) is 11.8. The molecule has 4 aromatic rings. The van der Waals surface area contributed by atoms with Crippen LogP contribution in [-0.2, 0) is 0 Å². The molecule has 1 fully saturated rings. The Kier molecular flexibility index (Phi) is 6.73. The van der Waals surface area contributed by atoms with Crippen LogP contribution in [0.3, 0.4) is 0 Å². The lowest BCUT2D eigenvalue weighted by molar-refractivity contribution is 0.0597. The van der Waals surface area contributed by atoms with Crippen molar-refractivity contribution in [1.29, 1.82) is 0 Å². The van der Waals surface area contributed by atoms with Gasteiger partial charge in [-0.2, -0.15) is 0 Å². The van der Waals surface area contributed by atoms with Crippen LogP contribution in [0, 0.1) is 0 Å². The second-order valence-corrected chi connectivity index (χ2v) is 8.56. The molecule has 0 saturated carbocycles. The Morgan fingerprint density at radius 3 is 2.00 bits per heavy atom. The van der Waals surface area contributed by atoms with E-state index in [1.54, 1.807) is 36.4 Å². The van der Waals surface area contributed by atoms with Gasteiger partial charge in [-0.05, 0) is 41.5 Å². The monoisotopic (exact) mass is 465 g/mol. The van der Waals surface area contributed by atoms with Gasteiger partial charge < -0.3 is 14.6 Å². The van der Waals surface area contributed by atoms with Crippen LogP contribution in [0.1, 0.15) is 38.1 Å². The van der Waals surface area contributed by atoms with Crippen molar-refractivity contribution in [2.75, 3.05) is 31.5 Å². The quantitative estimate of drug-likeness (QED) is 0.431. The van der Waals surface area contributed by atoms with E-state index >= 15 is 0 Å². The number of carbonyl (C=O) groups is 2. The van der Waals surface area contributed by atoms with E-state index in [2.05, 4.69) is 58.7 Å². The average molecular weight is 466 g/mol. The summed E-state index contributed by atoms with van der Waals surface area (Å²) >= 11 is 0. The van der Waals surface area contributed by atoms with Gasteiger partial charge in [0.15, 0.2) is 5.76 Å². The fourth-order valence-electron chi connectivity index (χ4n) is 4.58. The van der Waals surface area contributed by atoms with Crippen LogP contribution in [0.5, 0.6) is 0 Å². The summed E-state index contributed by atoms with van der Waals surface area (Å²) in [5.74, 6) is -0.153. The number of carbonyl (C=O) groups excluding carboxylic acids is 2. The van der Waals surface area contributed by atoms with Crippen molar-refractivity contribution >= 4 is 17.5 Å². The van der Waals surface area contributed by atoms with Crippen molar-refractivity contribution in [3.63, 3.8) is 0 Å². The molecule has 176 valence electrons. The van der Waals surface area contributed by atoms with Gasteiger partial charge in [-0.1, -0.05) is 66.7 Å². The van der Waals surface area contributed by atoms with Crippen molar-refractivity contribution in [1.82, 2.24) is 9.80 Å². The lowest BCUT2D eigenvalue weighted by Crippen LogP contribution is -2.49. The van der Waals surface area contributed by atoms with Crippen LogP contribution < -0.4 is 5.32 Å². The number of hydrogen-bond donors (Lipinski definition) is 1. The van der Waals surface area contributed by atoms with Gasteiger partial charge in [0.05, 0.1) is 12.3 Å². The zero-order valence-corrected chi connectivity index (χ0v) is 19.3. The normalized spacial score (nSPS) is 14.1. The Labute approximate surface area is 204 Å². The van der Waals surface area contributed by atoms with Crippen LogP contribution in [0.2, 0.25) is 0 Å². The van der Waals surface area contributed by atoms with Crippen LogP contribution in [0.15, 0.2) is 108 Å². The fourth-order valence-corrected chi connectivity index (χ4v) is 4.58. The largest absolute Gasteiger partial charge is 0.459 e. The van der Waals surface area contributed by atoms with Gasteiger partial charge in [-0.25, -0.2) is 0 Å². The summed E-state index contributed by atoms with van der Waals surface area (Å²) in [4.78, 5) is 29.9. The first-order chi connectivity index (χ1) is 17.2. The molecule has 1 aromatic heterocycles. The van der Waals surface area contributed by atoms with E-state index in [4.69, 9.17) is 4.42 Å². The molecule has 1 saturated heterocycles. The maximum atomic E-state index is 13.3. The predicted molar refractivity (Wildman–Crippen MR) is 135 cm³/mol. The molecule has 3 aromatic carbocycles. The zero-order valence-electron chi connectivity index (χ0n) is 19.3. The lowest BCUT2D eigenvalue weighted by Gasteiger charge is -2.39. The fraction of sp³-hybridized carbons (Fsp3) is 0.172. The third-order valence-corrected chi connectivity index (χ3v) is 6.31. The van der Waals surface area contributed by atoms with E-state index < -0.39 is 0 Å². The predicted octanol–water partition coefficient (Wildman–Crippen LogP) is 5.08. The molecule has 0 spiro atoms. The number of amides is 2. The summed E-state index contributed by atoms with van der Waals surface area (Å²) in [7, 11) is 0. The Balaban J connectivity index is 1.27. The second-order valence-electron chi connectivity index (χ2n) is 8.56. The minimum absolute atomic E-state index is 0.0327. The first kappa shape index (κ1) is 22.6. The highest BCUT2D eigenvalue weighted by atomic mass is 16.3. The minimum atomic E-state index is -0.346. The molecule has 2 heterocycles. The average Bonchev–Trinajstić information content (AvgIpc) is 3.46. The number of anilines is 1. The molecule has 35 heavy (non-hydrogen) atoms. The van der Waals surface area contributed by atoms with Crippen molar-refractivity contribution in [2.24, 2.45) is 0 Å². The molecule has 0 atom stereocenters. The molecule has 5 rings (SSSR count). The second kappa shape index (κ2) is 10.4. The number of hydrogen-bond acceptors (Lipinski definition) is 4. The Morgan fingerprint density at radius 2 is 1.40 bits per heavy atom. The van der Waals surface area contributed by atoms with E-state index in [-0.39, 0.29) is 23.6 Å². The standard InChI is InChI=1S/C29H27N3O3/c33-28(26-15-8-20-35-26)30-25-14-7-13-24(21-25)29(34)32-18-16-31(17-19-32)27(22-9-3-1-4-10-22)23-11-5-2-6-12-23/h1-15,20-21,27H,16-19H2,(H,30,33). The summed E-state index contributed by atoms with van der Waals surface area (Å²) in [5.41, 5.74) is 3.61. The summed E-state index contributed by atoms with van der Waals surface area (Å²) < 4.78 is 5.14. The number of rotatable bonds is 6. The molecule has 2 amide bonds. The van der Waals surface area contributed by atoms with Crippen LogP contribution in [-0.4, -0.2) is 47.8 Å². The third-order valence-electron chi connectivity index (χ3n) is 6.31. The maximum Gasteiger partial charge on any atom is 0.291 e. The molecule has 0 unspecified atom stereocenters. The summed E-state index contributed by atoms with van der Waals surface area (Å²) in [6, 6.07) is 31.5. The van der Waals surface area contributed by atoms with Crippen LogP contribution in [0.25, 0.3) is 0 Å². The van der Waals surface area contributed by atoms with Crippen LogP contribution >= 0.6 is 0 Å². The Hall–Kier alpha value is -4.16. The van der Waals surface area contributed by atoms with Crippen molar-refractivity contribution in [2.45, 2.75) is 6.04 Å². The summed E-state index contributed by atoms with van der Waals surface area (Å²) in [5, 5.41) is 2.79. The minimum Gasteiger partial charge on any atom is -0.459 e. The topological polar surface area (TPSA) is 65.8 Å². The molecular formula is C29H27N3O3. The Morgan fingerprint density at radius 1 is 0.743 bits per heavy atom. The third kappa shape index (κ3) is 5.18. The number of piperazine rings is 1. The maximum absolute atomic E-state index is 13.3.